The number of ether oxygens (including phenoxy) is 1. The molecule has 0 bridgehead atoms. The van der Waals surface area contributed by atoms with Crippen LogP contribution in [0, 0.1) is 0 Å². The maximum Gasteiger partial charge on any atom is 0.282 e. The molecule has 128 valence electrons. The average Bonchev–Trinajstić information content (AvgIpc) is 3.31. The first-order valence-corrected chi connectivity index (χ1v) is 9.02. The second kappa shape index (κ2) is 6.98. The maximum absolute atomic E-state index is 13.1. The summed E-state index contributed by atoms with van der Waals surface area (Å²) in [6.45, 7) is 0. The molecule has 2 heterocycles. The first kappa shape index (κ1) is 16.3. The van der Waals surface area contributed by atoms with E-state index >= 15 is 0 Å². The summed E-state index contributed by atoms with van der Waals surface area (Å²) < 4.78 is 5.48. The molecule has 1 aliphatic heterocycles. The zero-order valence-corrected chi connectivity index (χ0v) is 14.9. The minimum Gasteiger partial charge on any atom is -0.496 e. The predicted molar refractivity (Wildman–Crippen MR) is 106 cm³/mol. The van der Waals surface area contributed by atoms with Crippen molar-refractivity contribution in [1.29, 1.82) is 0 Å². The van der Waals surface area contributed by atoms with E-state index in [1.165, 1.54) is 0 Å². The van der Waals surface area contributed by atoms with Gasteiger partial charge in [-0.25, -0.2) is 4.99 Å². The van der Waals surface area contributed by atoms with E-state index in [2.05, 4.69) is 4.99 Å². The number of aliphatic imine (C=N–C) groups is 1. The number of hydrogen-bond acceptors (Lipinski definition) is 4. The smallest absolute Gasteiger partial charge is 0.282 e. The molecule has 0 saturated heterocycles. The normalized spacial score (nSPS) is 15.4. The molecule has 0 aliphatic carbocycles. The van der Waals surface area contributed by atoms with Crippen LogP contribution >= 0.6 is 11.3 Å². The van der Waals surface area contributed by atoms with Gasteiger partial charge < -0.3 is 4.74 Å². The summed E-state index contributed by atoms with van der Waals surface area (Å²) in [5.74, 6) is 1.10. The summed E-state index contributed by atoms with van der Waals surface area (Å²) in [5, 5.41) is 1.98. The van der Waals surface area contributed by atoms with E-state index in [0.29, 0.717) is 17.3 Å². The summed E-state index contributed by atoms with van der Waals surface area (Å²) >= 11 is 1.57. The number of amidine groups is 1. The molecule has 1 aliphatic rings. The summed E-state index contributed by atoms with van der Waals surface area (Å²) in [7, 11) is 1.62. The van der Waals surface area contributed by atoms with Crippen molar-refractivity contribution in [3.63, 3.8) is 0 Å². The van der Waals surface area contributed by atoms with Gasteiger partial charge in [0, 0.05) is 4.88 Å². The lowest BCUT2D eigenvalue weighted by molar-refractivity contribution is -0.113. The molecule has 3 aromatic rings. The fourth-order valence-corrected chi connectivity index (χ4v) is 3.50. The van der Waals surface area contributed by atoms with Gasteiger partial charge in [-0.15, -0.1) is 11.3 Å². The van der Waals surface area contributed by atoms with Crippen molar-refractivity contribution in [1.82, 2.24) is 0 Å². The van der Waals surface area contributed by atoms with Crippen molar-refractivity contribution < 1.29 is 9.53 Å². The lowest BCUT2D eigenvalue weighted by Gasteiger charge is -2.19. The minimum atomic E-state index is -0.148. The number of hydrogen-bond donors (Lipinski definition) is 0. The number of anilines is 1. The van der Waals surface area contributed by atoms with Crippen molar-refractivity contribution in [2.75, 3.05) is 12.0 Å². The van der Waals surface area contributed by atoms with Crippen LogP contribution in [0.2, 0.25) is 0 Å². The Labute approximate surface area is 155 Å². The Morgan fingerprint density at radius 2 is 1.77 bits per heavy atom. The van der Waals surface area contributed by atoms with Gasteiger partial charge in [-0.05, 0) is 41.8 Å². The van der Waals surface area contributed by atoms with Gasteiger partial charge in [0.25, 0.3) is 5.91 Å². The molecule has 26 heavy (non-hydrogen) atoms. The second-order valence-electron chi connectivity index (χ2n) is 5.66. The summed E-state index contributed by atoms with van der Waals surface area (Å²) in [4.78, 5) is 20.4. The van der Waals surface area contributed by atoms with Gasteiger partial charge >= 0.3 is 0 Å². The van der Waals surface area contributed by atoms with Gasteiger partial charge in [-0.1, -0.05) is 36.4 Å². The molecule has 0 atom stereocenters. The number of para-hydroxylation sites is 2. The van der Waals surface area contributed by atoms with Crippen LogP contribution in [-0.2, 0) is 4.79 Å². The van der Waals surface area contributed by atoms with Crippen molar-refractivity contribution in [2.45, 2.75) is 0 Å². The van der Waals surface area contributed by atoms with Gasteiger partial charge in [0.05, 0.1) is 18.4 Å². The fraction of sp³-hybridized carbons (Fsp3) is 0.0476. The largest absolute Gasteiger partial charge is 0.496 e. The standard InChI is InChI=1S/C21H16N2O2S/c1-25-19-12-6-5-11-17(19)20-22-18(14-16-10-7-13-26-16)21(24)23(20)15-8-3-2-4-9-15/h2-14H,1H3/b18-14+. The van der Waals surface area contributed by atoms with Crippen LogP contribution in [0.25, 0.3) is 6.08 Å². The molecule has 5 heteroatoms. The van der Waals surface area contributed by atoms with E-state index in [4.69, 9.17) is 4.74 Å². The Kier molecular flexibility index (Phi) is 4.37. The SMILES string of the molecule is COc1ccccc1C1=N/C(=C/c2cccs2)C(=O)N1c1ccccc1. The first-order valence-electron chi connectivity index (χ1n) is 8.15. The molecule has 0 N–H and O–H groups in total. The topological polar surface area (TPSA) is 41.9 Å². The highest BCUT2D eigenvalue weighted by atomic mass is 32.1. The quantitative estimate of drug-likeness (QED) is 0.639. The maximum atomic E-state index is 13.1. The molecular weight excluding hydrogens is 344 g/mol. The molecule has 0 fully saturated rings. The number of methoxy groups -OCH3 is 1. The molecule has 0 spiro atoms. The Morgan fingerprint density at radius 3 is 2.50 bits per heavy atom. The first-order chi connectivity index (χ1) is 12.8. The highest BCUT2D eigenvalue weighted by molar-refractivity contribution is 7.10. The Balaban J connectivity index is 1.87. The number of carbonyl (C=O) groups excluding carboxylic acids is 1. The van der Waals surface area contributed by atoms with Crippen LogP contribution in [0.3, 0.4) is 0 Å². The van der Waals surface area contributed by atoms with E-state index in [0.717, 1.165) is 16.1 Å². The molecular formula is C21H16N2O2S. The van der Waals surface area contributed by atoms with Crippen LogP contribution in [0.4, 0.5) is 5.69 Å². The highest BCUT2D eigenvalue weighted by Gasteiger charge is 2.33. The predicted octanol–water partition coefficient (Wildman–Crippen LogP) is 4.59. The van der Waals surface area contributed by atoms with Crippen LogP contribution in [-0.4, -0.2) is 18.9 Å². The lowest BCUT2D eigenvalue weighted by Crippen LogP contribution is -2.32. The van der Waals surface area contributed by atoms with E-state index in [-0.39, 0.29) is 5.91 Å². The molecule has 4 nitrogen and oxygen atoms in total. The van der Waals surface area contributed by atoms with Gasteiger partial charge in [0.2, 0.25) is 0 Å². The Morgan fingerprint density at radius 1 is 1.00 bits per heavy atom. The third-order valence-electron chi connectivity index (χ3n) is 4.04. The summed E-state index contributed by atoms with van der Waals surface area (Å²) in [5.41, 5.74) is 1.97. The number of rotatable bonds is 4. The average molecular weight is 360 g/mol. The molecule has 0 unspecified atom stereocenters. The number of nitrogens with zero attached hydrogens (tertiary/aromatic N) is 2. The van der Waals surface area contributed by atoms with E-state index in [1.807, 2.05) is 78.2 Å². The number of benzene rings is 2. The van der Waals surface area contributed by atoms with Gasteiger partial charge in [-0.3, -0.25) is 9.69 Å². The second-order valence-corrected chi connectivity index (χ2v) is 6.64. The molecule has 1 aromatic heterocycles. The molecule has 0 saturated carbocycles. The fourth-order valence-electron chi connectivity index (χ4n) is 2.85. The van der Waals surface area contributed by atoms with Gasteiger partial charge in [-0.2, -0.15) is 0 Å². The molecule has 0 radical (unpaired) electrons. The zero-order chi connectivity index (χ0) is 17.9. The zero-order valence-electron chi connectivity index (χ0n) is 14.1. The summed E-state index contributed by atoms with van der Waals surface area (Å²) in [6.07, 6.45) is 1.82. The van der Waals surface area contributed by atoms with E-state index in [9.17, 15) is 4.79 Å². The van der Waals surface area contributed by atoms with Crippen LogP contribution in [0.1, 0.15) is 10.4 Å². The Hall–Kier alpha value is -3.18. The Bertz CT molecular complexity index is 992. The van der Waals surface area contributed by atoms with Crippen molar-refractivity contribution >= 4 is 34.8 Å². The van der Waals surface area contributed by atoms with E-state index in [1.54, 1.807) is 23.3 Å². The van der Waals surface area contributed by atoms with Crippen molar-refractivity contribution in [3.05, 3.63) is 88.2 Å². The molecule has 2 aromatic carbocycles. The number of thiophene rings is 1. The third-order valence-corrected chi connectivity index (χ3v) is 4.86. The summed E-state index contributed by atoms with van der Waals surface area (Å²) in [6, 6.07) is 21.0. The van der Waals surface area contributed by atoms with Gasteiger partial charge in [0.1, 0.15) is 11.4 Å². The third kappa shape index (κ3) is 2.93. The van der Waals surface area contributed by atoms with Gasteiger partial charge in [0.15, 0.2) is 5.84 Å². The lowest BCUT2D eigenvalue weighted by atomic mass is 10.1. The minimum absolute atomic E-state index is 0.148. The number of carbonyl (C=O) groups is 1. The van der Waals surface area contributed by atoms with Crippen molar-refractivity contribution in [3.8, 4) is 5.75 Å². The molecule has 1 amide bonds. The van der Waals surface area contributed by atoms with Crippen LogP contribution in [0.5, 0.6) is 5.75 Å². The highest BCUT2D eigenvalue weighted by Crippen LogP contribution is 2.31. The monoisotopic (exact) mass is 360 g/mol. The molecule has 4 rings (SSSR count). The van der Waals surface area contributed by atoms with Crippen LogP contribution < -0.4 is 9.64 Å². The van der Waals surface area contributed by atoms with Crippen LogP contribution in [0.15, 0.2) is 82.8 Å². The number of amides is 1. The van der Waals surface area contributed by atoms with Crippen molar-refractivity contribution in [2.24, 2.45) is 4.99 Å². The van der Waals surface area contributed by atoms with E-state index < -0.39 is 0 Å².